The second kappa shape index (κ2) is 6.95. The summed E-state index contributed by atoms with van der Waals surface area (Å²) in [6, 6.07) is 12.5. The summed E-state index contributed by atoms with van der Waals surface area (Å²) in [5.41, 5.74) is 7.00. The van der Waals surface area contributed by atoms with Gasteiger partial charge in [-0.05, 0) is 23.8 Å². The predicted octanol–water partition coefficient (Wildman–Crippen LogP) is 2.35. The SMILES string of the molecule is Nc1cc(C(=O)NC(Cc2ccccc2)C(=O)O)ccc1Cl. The number of aliphatic carboxylic acids is 1. The molecule has 1 amide bonds. The highest BCUT2D eigenvalue weighted by Gasteiger charge is 2.21. The molecule has 0 aromatic heterocycles. The van der Waals surface area contributed by atoms with Gasteiger partial charge in [0, 0.05) is 12.0 Å². The Morgan fingerprint density at radius 1 is 1.18 bits per heavy atom. The smallest absolute Gasteiger partial charge is 0.326 e. The Balaban J connectivity index is 2.12. The van der Waals surface area contributed by atoms with Crippen LogP contribution in [0.5, 0.6) is 0 Å². The molecular weight excluding hydrogens is 304 g/mol. The van der Waals surface area contributed by atoms with Crippen molar-refractivity contribution in [3.05, 3.63) is 64.7 Å². The third kappa shape index (κ3) is 3.99. The van der Waals surface area contributed by atoms with E-state index in [4.69, 9.17) is 17.3 Å². The van der Waals surface area contributed by atoms with Crippen LogP contribution in [0.25, 0.3) is 0 Å². The number of nitrogens with one attached hydrogen (secondary N) is 1. The predicted molar refractivity (Wildman–Crippen MR) is 84.9 cm³/mol. The first-order chi connectivity index (χ1) is 10.5. The Hall–Kier alpha value is -2.53. The molecule has 2 aromatic carbocycles. The Morgan fingerprint density at radius 3 is 2.45 bits per heavy atom. The maximum Gasteiger partial charge on any atom is 0.326 e. The fraction of sp³-hybridized carbons (Fsp3) is 0.125. The van der Waals surface area contributed by atoms with Crippen LogP contribution in [0.1, 0.15) is 15.9 Å². The Labute approximate surface area is 132 Å². The van der Waals surface area contributed by atoms with Crippen LogP contribution in [0.4, 0.5) is 5.69 Å². The molecule has 0 heterocycles. The minimum atomic E-state index is -1.10. The molecule has 0 saturated heterocycles. The standard InChI is InChI=1S/C16H15ClN2O3/c17-12-7-6-11(9-13(12)18)15(20)19-14(16(21)22)8-10-4-2-1-3-5-10/h1-7,9,14H,8,18H2,(H,19,20)(H,21,22). The molecule has 0 saturated carbocycles. The van der Waals surface area contributed by atoms with Crippen molar-refractivity contribution >= 4 is 29.2 Å². The number of anilines is 1. The quantitative estimate of drug-likeness (QED) is 0.738. The monoisotopic (exact) mass is 318 g/mol. The molecule has 114 valence electrons. The lowest BCUT2D eigenvalue weighted by molar-refractivity contribution is -0.139. The lowest BCUT2D eigenvalue weighted by Gasteiger charge is -2.15. The second-order valence-electron chi connectivity index (χ2n) is 4.79. The van der Waals surface area contributed by atoms with Crippen molar-refractivity contribution in [3.63, 3.8) is 0 Å². The average molecular weight is 319 g/mol. The fourth-order valence-electron chi connectivity index (χ4n) is 1.98. The zero-order valence-corrected chi connectivity index (χ0v) is 12.4. The van der Waals surface area contributed by atoms with Crippen molar-refractivity contribution in [2.24, 2.45) is 0 Å². The molecule has 1 unspecified atom stereocenters. The minimum absolute atomic E-state index is 0.199. The summed E-state index contributed by atoms with van der Waals surface area (Å²) >= 11 is 5.80. The molecule has 0 fully saturated rings. The zero-order valence-electron chi connectivity index (χ0n) is 11.6. The van der Waals surface area contributed by atoms with Crippen molar-refractivity contribution in [1.29, 1.82) is 0 Å². The maximum atomic E-state index is 12.1. The Bertz CT molecular complexity index is 689. The number of rotatable bonds is 5. The van der Waals surface area contributed by atoms with Crippen LogP contribution < -0.4 is 11.1 Å². The highest BCUT2D eigenvalue weighted by molar-refractivity contribution is 6.33. The summed E-state index contributed by atoms with van der Waals surface area (Å²) in [5.74, 6) is -1.61. The molecule has 0 aliphatic heterocycles. The summed E-state index contributed by atoms with van der Waals surface area (Å²) in [4.78, 5) is 23.5. The zero-order chi connectivity index (χ0) is 16.1. The third-order valence-corrected chi connectivity index (χ3v) is 3.49. The normalized spacial score (nSPS) is 11.7. The summed E-state index contributed by atoms with van der Waals surface area (Å²) in [5, 5.41) is 12.1. The number of carboxylic acids is 1. The van der Waals surface area contributed by atoms with E-state index in [1.165, 1.54) is 18.2 Å². The first-order valence-corrected chi connectivity index (χ1v) is 6.98. The molecule has 0 radical (unpaired) electrons. The van der Waals surface area contributed by atoms with Gasteiger partial charge in [-0.15, -0.1) is 0 Å². The van der Waals surface area contributed by atoms with E-state index >= 15 is 0 Å². The number of hydrogen-bond acceptors (Lipinski definition) is 3. The van der Waals surface area contributed by atoms with Crippen LogP contribution in [0.15, 0.2) is 48.5 Å². The number of carboxylic acid groups (broad SMARTS) is 1. The van der Waals surface area contributed by atoms with Gasteiger partial charge in [-0.25, -0.2) is 4.79 Å². The van der Waals surface area contributed by atoms with Gasteiger partial charge in [0.05, 0.1) is 10.7 Å². The van der Waals surface area contributed by atoms with Gasteiger partial charge in [0.25, 0.3) is 5.91 Å². The van der Waals surface area contributed by atoms with E-state index in [-0.39, 0.29) is 17.7 Å². The molecule has 0 bridgehead atoms. The van der Waals surface area contributed by atoms with Gasteiger partial charge in [-0.2, -0.15) is 0 Å². The first-order valence-electron chi connectivity index (χ1n) is 6.60. The average Bonchev–Trinajstić information content (AvgIpc) is 2.50. The number of benzene rings is 2. The van der Waals surface area contributed by atoms with Gasteiger partial charge in [0.15, 0.2) is 0 Å². The van der Waals surface area contributed by atoms with E-state index in [2.05, 4.69) is 5.32 Å². The van der Waals surface area contributed by atoms with Crippen LogP contribution in [0.3, 0.4) is 0 Å². The van der Waals surface area contributed by atoms with Gasteiger partial charge >= 0.3 is 5.97 Å². The van der Waals surface area contributed by atoms with Crippen LogP contribution in [-0.2, 0) is 11.2 Å². The fourth-order valence-corrected chi connectivity index (χ4v) is 2.09. The van der Waals surface area contributed by atoms with Crippen molar-refractivity contribution in [2.75, 3.05) is 5.73 Å². The third-order valence-electron chi connectivity index (χ3n) is 3.14. The summed E-state index contributed by atoms with van der Waals surface area (Å²) < 4.78 is 0. The minimum Gasteiger partial charge on any atom is -0.480 e. The molecule has 1 atom stereocenters. The number of halogens is 1. The molecule has 0 aliphatic rings. The van der Waals surface area contributed by atoms with E-state index in [1.807, 2.05) is 30.3 Å². The molecular formula is C16H15ClN2O3. The second-order valence-corrected chi connectivity index (χ2v) is 5.20. The van der Waals surface area contributed by atoms with E-state index in [9.17, 15) is 14.7 Å². The molecule has 22 heavy (non-hydrogen) atoms. The lowest BCUT2D eigenvalue weighted by Crippen LogP contribution is -2.42. The van der Waals surface area contributed by atoms with Gasteiger partial charge < -0.3 is 16.2 Å². The summed E-state index contributed by atoms with van der Waals surface area (Å²) in [7, 11) is 0. The molecule has 6 heteroatoms. The Kier molecular flexibility index (Phi) is 5.01. The number of amides is 1. The van der Waals surface area contributed by atoms with Gasteiger partial charge in [-0.3, -0.25) is 4.79 Å². The largest absolute Gasteiger partial charge is 0.480 e. The van der Waals surface area contributed by atoms with E-state index < -0.39 is 17.9 Å². The highest BCUT2D eigenvalue weighted by Crippen LogP contribution is 2.19. The lowest BCUT2D eigenvalue weighted by atomic mass is 10.1. The molecule has 5 nitrogen and oxygen atoms in total. The molecule has 0 aliphatic carbocycles. The molecule has 2 aromatic rings. The van der Waals surface area contributed by atoms with Crippen molar-refractivity contribution in [2.45, 2.75) is 12.5 Å². The van der Waals surface area contributed by atoms with Crippen LogP contribution in [0.2, 0.25) is 5.02 Å². The summed E-state index contributed by atoms with van der Waals surface area (Å²) in [6.45, 7) is 0. The number of nitrogens with two attached hydrogens (primary N) is 1. The van der Waals surface area contributed by atoms with Crippen molar-refractivity contribution < 1.29 is 14.7 Å². The van der Waals surface area contributed by atoms with Crippen LogP contribution in [-0.4, -0.2) is 23.0 Å². The number of hydrogen-bond donors (Lipinski definition) is 3. The summed E-state index contributed by atoms with van der Waals surface area (Å²) in [6.07, 6.45) is 0.199. The van der Waals surface area contributed by atoms with Gasteiger partial charge in [0.1, 0.15) is 6.04 Å². The van der Waals surface area contributed by atoms with Crippen molar-refractivity contribution in [3.8, 4) is 0 Å². The van der Waals surface area contributed by atoms with Gasteiger partial charge in [-0.1, -0.05) is 41.9 Å². The number of nitrogen functional groups attached to an aromatic ring is 1. The van der Waals surface area contributed by atoms with Crippen LogP contribution in [0, 0.1) is 0 Å². The number of carbonyl (C=O) groups is 2. The van der Waals surface area contributed by atoms with Crippen molar-refractivity contribution in [1.82, 2.24) is 5.32 Å². The van der Waals surface area contributed by atoms with E-state index in [1.54, 1.807) is 0 Å². The van der Waals surface area contributed by atoms with Crippen LogP contribution >= 0.6 is 11.6 Å². The van der Waals surface area contributed by atoms with E-state index in [0.717, 1.165) is 5.56 Å². The topological polar surface area (TPSA) is 92.4 Å². The molecule has 4 N–H and O–H groups in total. The Morgan fingerprint density at radius 2 is 1.86 bits per heavy atom. The first kappa shape index (κ1) is 15.9. The molecule has 0 spiro atoms. The molecule has 2 rings (SSSR count). The van der Waals surface area contributed by atoms with Gasteiger partial charge in [0.2, 0.25) is 0 Å². The maximum absolute atomic E-state index is 12.1. The van der Waals surface area contributed by atoms with E-state index in [0.29, 0.717) is 5.02 Å². The number of carbonyl (C=O) groups excluding carboxylic acids is 1. The highest BCUT2D eigenvalue weighted by atomic mass is 35.5.